The molecule has 1 aromatic carbocycles. The fourth-order valence-electron chi connectivity index (χ4n) is 1.31. The van der Waals surface area contributed by atoms with Crippen molar-refractivity contribution in [3.05, 3.63) is 28.8 Å². The monoisotopic (exact) mass is 292 g/mol. The van der Waals surface area contributed by atoms with Crippen LogP contribution < -0.4 is 10.6 Å². The standard InChI is InChI=1S/C11H11ClF2N2O3/c1-2-8(10(17)18)15-11(19)16-9-6(12)3-5(13)4-7(9)14/h3-4,8H,2H2,1H3,(H,17,18)(H2,15,16,19). The van der Waals surface area contributed by atoms with Gasteiger partial charge in [0.25, 0.3) is 0 Å². The van der Waals surface area contributed by atoms with E-state index >= 15 is 0 Å². The molecular weight excluding hydrogens is 282 g/mol. The van der Waals surface area contributed by atoms with E-state index in [1.165, 1.54) is 0 Å². The van der Waals surface area contributed by atoms with E-state index in [9.17, 15) is 18.4 Å². The molecule has 0 aliphatic rings. The van der Waals surface area contributed by atoms with Gasteiger partial charge in [0.2, 0.25) is 0 Å². The van der Waals surface area contributed by atoms with Crippen molar-refractivity contribution in [3.63, 3.8) is 0 Å². The van der Waals surface area contributed by atoms with Gasteiger partial charge >= 0.3 is 12.0 Å². The Hall–Kier alpha value is -1.89. The van der Waals surface area contributed by atoms with Crippen LogP contribution >= 0.6 is 11.6 Å². The van der Waals surface area contributed by atoms with Crippen molar-refractivity contribution in [3.8, 4) is 0 Å². The van der Waals surface area contributed by atoms with Gasteiger partial charge in [-0.3, -0.25) is 0 Å². The molecule has 0 bridgehead atoms. The highest BCUT2D eigenvalue weighted by Crippen LogP contribution is 2.26. The Kier molecular flexibility index (Phi) is 5.05. The second-order valence-electron chi connectivity index (χ2n) is 3.64. The molecule has 8 heteroatoms. The first-order chi connectivity index (χ1) is 8.85. The third kappa shape index (κ3) is 4.06. The topological polar surface area (TPSA) is 78.4 Å². The second-order valence-corrected chi connectivity index (χ2v) is 4.05. The number of carbonyl (C=O) groups is 2. The van der Waals surface area contributed by atoms with E-state index in [4.69, 9.17) is 16.7 Å². The number of carbonyl (C=O) groups excluding carboxylic acids is 1. The van der Waals surface area contributed by atoms with E-state index in [0.717, 1.165) is 6.07 Å². The molecule has 0 saturated heterocycles. The van der Waals surface area contributed by atoms with E-state index in [0.29, 0.717) is 6.07 Å². The summed E-state index contributed by atoms with van der Waals surface area (Å²) in [6.45, 7) is 1.56. The summed E-state index contributed by atoms with van der Waals surface area (Å²) in [5, 5.41) is 12.6. The zero-order valence-electron chi connectivity index (χ0n) is 9.84. The van der Waals surface area contributed by atoms with Crippen LogP contribution in [0.2, 0.25) is 5.02 Å². The maximum Gasteiger partial charge on any atom is 0.326 e. The Morgan fingerprint density at radius 2 is 2.05 bits per heavy atom. The molecule has 3 N–H and O–H groups in total. The molecule has 1 aromatic rings. The SMILES string of the molecule is CCC(NC(=O)Nc1c(F)cc(F)cc1Cl)C(=O)O. The van der Waals surface area contributed by atoms with Crippen LogP contribution in [-0.4, -0.2) is 23.1 Å². The van der Waals surface area contributed by atoms with Gasteiger partial charge in [-0.05, 0) is 12.5 Å². The second kappa shape index (κ2) is 6.33. The van der Waals surface area contributed by atoms with Crippen LogP contribution in [0.4, 0.5) is 19.3 Å². The van der Waals surface area contributed by atoms with Crippen LogP contribution in [0.15, 0.2) is 12.1 Å². The summed E-state index contributed by atoms with van der Waals surface area (Å²) in [5.41, 5.74) is -0.416. The minimum atomic E-state index is -1.22. The number of amides is 2. The molecule has 0 fully saturated rings. The molecule has 5 nitrogen and oxygen atoms in total. The lowest BCUT2D eigenvalue weighted by Crippen LogP contribution is -2.42. The third-order valence-electron chi connectivity index (χ3n) is 2.26. The molecule has 104 valence electrons. The van der Waals surface area contributed by atoms with Gasteiger partial charge in [0.15, 0.2) is 5.82 Å². The zero-order valence-corrected chi connectivity index (χ0v) is 10.6. The quantitative estimate of drug-likeness (QED) is 0.798. The summed E-state index contributed by atoms with van der Waals surface area (Å²) in [4.78, 5) is 22.2. The van der Waals surface area contributed by atoms with Gasteiger partial charge in [0.1, 0.15) is 11.9 Å². The normalized spacial score (nSPS) is 11.8. The van der Waals surface area contributed by atoms with Crippen LogP contribution in [0.25, 0.3) is 0 Å². The first kappa shape index (κ1) is 15.2. The molecule has 1 rings (SSSR count). The van der Waals surface area contributed by atoms with Crippen molar-refractivity contribution >= 4 is 29.3 Å². The molecule has 0 radical (unpaired) electrons. The number of carboxylic acid groups (broad SMARTS) is 1. The molecule has 19 heavy (non-hydrogen) atoms. The van der Waals surface area contributed by atoms with Crippen molar-refractivity contribution in [2.45, 2.75) is 19.4 Å². The first-order valence-corrected chi connectivity index (χ1v) is 5.67. The number of anilines is 1. The Bertz CT molecular complexity index is 488. The predicted molar refractivity (Wildman–Crippen MR) is 65.2 cm³/mol. The van der Waals surface area contributed by atoms with E-state index in [-0.39, 0.29) is 11.4 Å². The molecule has 0 spiro atoms. The maximum atomic E-state index is 13.4. The molecule has 0 saturated carbocycles. The highest BCUT2D eigenvalue weighted by molar-refractivity contribution is 6.33. The van der Waals surface area contributed by atoms with Crippen LogP contribution in [0, 0.1) is 11.6 Å². The largest absolute Gasteiger partial charge is 0.480 e. The third-order valence-corrected chi connectivity index (χ3v) is 2.56. The number of carboxylic acids is 1. The molecule has 2 amide bonds. The van der Waals surface area contributed by atoms with Gasteiger partial charge in [-0.25, -0.2) is 18.4 Å². The van der Waals surface area contributed by atoms with Crippen molar-refractivity contribution in [1.29, 1.82) is 0 Å². The van der Waals surface area contributed by atoms with Crippen molar-refractivity contribution in [2.24, 2.45) is 0 Å². The van der Waals surface area contributed by atoms with E-state index < -0.39 is 35.4 Å². The minimum absolute atomic E-state index is 0.155. The number of halogens is 3. The van der Waals surface area contributed by atoms with Crippen molar-refractivity contribution < 1.29 is 23.5 Å². The lowest BCUT2D eigenvalue weighted by atomic mass is 10.2. The fraction of sp³-hybridized carbons (Fsp3) is 0.273. The van der Waals surface area contributed by atoms with Crippen LogP contribution in [0.3, 0.4) is 0 Å². The van der Waals surface area contributed by atoms with Crippen molar-refractivity contribution in [1.82, 2.24) is 5.32 Å². The molecule has 0 aliphatic carbocycles. The number of benzene rings is 1. The lowest BCUT2D eigenvalue weighted by molar-refractivity contribution is -0.139. The highest BCUT2D eigenvalue weighted by atomic mass is 35.5. The van der Waals surface area contributed by atoms with E-state index in [1.54, 1.807) is 6.92 Å². The van der Waals surface area contributed by atoms with Crippen LogP contribution in [0.1, 0.15) is 13.3 Å². The summed E-state index contributed by atoms with van der Waals surface area (Å²) in [7, 11) is 0. The molecule has 0 aromatic heterocycles. The van der Waals surface area contributed by atoms with Gasteiger partial charge in [0.05, 0.1) is 10.7 Å². The number of nitrogens with one attached hydrogen (secondary N) is 2. The van der Waals surface area contributed by atoms with Crippen LogP contribution in [0.5, 0.6) is 0 Å². The van der Waals surface area contributed by atoms with Crippen molar-refractivity contribution in [2.75, 3.05) is 5.32 Å². The summed E-state index contributed by atoms with van der Waals surface area (Å²) in [6, 6.07) is -0.672. The van der Waals surface area contributed by atoms with Gasteiger partial charge < -0.3 is 15.7 Å². The van der Waals surface area contributed by atoms with Gasteiger partial charge in [0, 0.05) is 6.07 Å². The zero-order chi connectivity index (χ0) is 14.6. The molecule has 0 aliphatic heterocycles. The predicted octanol–water partition coefficient (Wildman–Crippen LogP) is 2.60. The summed E-state index contributed by atoms with van der Waals surface area (Å²) < 4.78 is 26.2. The number of hydrogen-bond acceptors (Lipinski definition) is 2. The smallest absolute Gasteiger partial charge is 0.326 e. The number of aliphatic carboxylic acids is 1. The molecule has 1 unspecified atom stereocenters. The highest BCUT2D eigenvalue weighted by Gasteiger charge is 2.19. The Morgan fingerprint density at radius 3 is 2.53 bits per heavy atom. The average molecular weight is 293 g/mol. The molecule has 0 heterocycles. The number of urea groups is 1. The minimum Gasteiger partial charge on any atom is -0.480 e. The van der Waals surface area contributed by atoms with E-state index in [1.807, 2.05) is 5.32 Å². The number of hydrogen-bond donors (Lipinski definition) is 3. The summed E-state index contributed by atoms with van der Waals surface area (Å²) in [6.07, 6.45) is 0.155. The Balaban J connectivity index is 2.80. The van der Waals surface area contributed by atoms with Crippen LogP contribution in [-0.2, 0) is 4.79 Å². The molecule has 1 atom stereocenters. The van der Waals surface area contributed by atoms with Gasteiger partial charge in [-0.1, -0.05) is 18.5 Å². The Labute approximate surface area is 112 Å². The lowest BCUT2D eigenvalue weighted by Gasteiger charge is -2.14. The fourth-order valence-corrected chi connectivity index (χ4v) is 1.55. The summed E-state index contributed by atoms with van der Waals surface area (Å²) >= 11 is 5.57. The average Bonchev–Trinajstić information content (AvgIpc) is 2.30. The number of rotatable bonds is 4. The van der Waals surface area contributed by atoms with Gasteiger partial charge in [-0.15, -0.1) is 0 Å². The Morgan fingerprint density at radius 1 is 1.42 bits per heavy atom. The molecular formula is C11H11ClF2N2O3. The van der Waals surface area contributed by atoms with E-state index in [2.05, 4.69) is 5.32 Å². The maximum absolute atomic E-state index is 13.4. The first-order valence-electron chi connectivity index (χ1n) is 5.30. The van der Waals surface area contributed by atoms with Gasteiger partial charge in [-0.2, -0.15) is 0 Å². The summed E-state index contributed by atoms with van der Waals surface area (Å²) in [5.74, 6) is -3.16.